The quantitative estimate of drug-likeness (QED) is 0.620. The predicted octanol–water partition coefficient (Wildman–Crippen LogP) is 4.30. The van der Waals surface area contributed by atoms with Crippen LogP contribution in [-0.2, 0) is 16.1 Å². The van der Waals surface area contributed by atoms with Gasteiger partial charge in [-0.2, -0.15) is 0 Å². The summed E-state index contributed by atoms with van der Waals surface area (Å²) in [7, 11) is 0. The monoisotopic (exact) mass is 407 g/mol. The summed E-state index contributed by atoms with van der Waals surface area (Å²) in [5.41, 5.74) is 2.96. The molecule has 0 unspecified atom stereocenters. The molecule has 1 aliphatic rings. The molecule has 150 valence electrons. The topological polar surface area (TPSA) is 54.3 Å². The smallest absolute Gasteiger partial charge is 0.242 e. The van der Waals surface area contributed by atoms with Crippen LogP contribution in [0.2, 0.25) is 0 Å². The number of anilines is 1. The highest BCUT2D eigenvalue weighted by Crippen LogP contribution is 2.30. The second kappa shape index (κ2) is 8.74. The van der Waals surface area contributed by atoms with Crippen molar-refractivity contribution >= 4 is 40.2 Å². The zero-order valence-electron chi connectivity index (χ0n) is 16.6. The van der Waals surface area contributed by atoms with Crippen LogP contribution in [0, 0.1) is 6.92 Å². The molecule has 0 atom stereocenters. The summed E-state index contributed by atoms with van der Waals surface area (Å²) in [5, 5.41) is 4.03. The maximum absolute atomic E-state index is 12.6. The molecule has 4 rings (SSSR count). The molecule has 0 bridgehead atoms. The van der Waals surface area contributed by atoms with Crippen LogP contribution < -0.4 is 5.32 Å². The molecule has 1 N–H and O–H groups in total. The van der Waals surface area contributed by atoms with Gasteiger partial charge in [0.1, 0.15) is 6.54 Å². The molecule has 3 aromatic rings. The number of benzene rings is 2. The van der Waals surface area contributed by atoms with Crippen molar-refractivity contribution < 1.29 is 9.59 Å². The lowest BCUT2D eigenvalue weighted by Gasteiger charge is -2.15. The third-order valence-electron chi connectivity index (χ3n) is 5.18. The first-order valence-corrected chi connectivity index (χ1v) is 10.9. The first-order valence-electron chi connectivity index (χ1n) is 9.95. The van der Waals surface area contributed by atoms with E-state index in [0.29, 0.717) is 12.3 Å². The van der Waals surface area contributed by atoms with Crippen molar-refractivity contribution in [2.45, 2.75) is 31.2 Å². The molecule has 1 saturated heterocycles. The highest BCUT2D eigenvalue weighted by atomic mass is 32.2. The van der Waals surface area contributed by atoms with Crippen LogP contribution in [0.3, 0.4) is 0 Å². The Hall–Kier alpha value is -2.73. The average Bonchev–Trinajstić information content (AvgIpc) is 3.35. The van der Waals surface area contributed by atoms with E-state index in [9.17, 15) is 9.59 Å². The molecule has 2 aromatic carbocycles. The molecule has 0 spiro atoms. The molecule has 6 heteroatoms. The molecule has 0 radical (unpaired) electrons. The standard InChI is InChI=1S/C23H25N3O2S/c1-17-7-6-8-18(13-17)24-22(27)16-29-21-14-26(20-10-3-2-9-19(20)21)15-23(28)25-11-4-5-12-25/h2-3,6-10,13-14H,4-5,11-12,15-16H2,1H3,(H,24,27). The fraction of sp³-hybridized carbons (Fsp3) is 0.304. The number of nitrogens with one attached hydrogen (secondary N) is 1. The van der Waals surface area contributed by atoms with Gasteiger partial charge in [0.15, 0.2) is 0 Å². The Kier molecular flexibility index (Phi) is 5.90. The van der Waals surface area contributed by atoms with Gasteiger partial charge in [-0.3, -0.25) is 9.59 Å². The summed E-state index contributed by atoms with van der Waals surface area (Å²) in [6.07, 6.45) is 4.19. The number of fused-ring (bicyclic) bond motifs is 1. The Morgan fingerprint density at radius 2 is 1.86 bits per heavy atom. The highest BCUT2D eigenvalue weighted by Gasteiger charge is 2.19. The van der Waals surface area contributed by atoms with Crippen LogP contribution in [0.25, 0.3) is 10.9 Å². The van der Waals surface area contributed by atoms with Crippen LogP contribution in [0.1, 0.15) is 18.4 Å². The predicted molar refractivity (Wildman–Crippen MR) is 118 cm³/mol. The lowest BCUT2D eigenvalue weighted by Crippen LogP contribution is -2.30. The van der Waals surface area contributed by atoms with Crippen molar-refractivity contribution in [3.8, 4) is 0 Å². The lowest BCUT2D eigenvalue weighted by molar-refractivity contribution is -0.130. The number of nitrogens with zero attached hydrogens (tertiary/aromatic N) is 2. The summed E-state index contributed by atoms with van der Waals surface area (Å²) >= 11 is 1.50. The second-order valence-electron chi connectivity index (χ2n) is 7.43. The number of hydrogen-bond acceptors (Lipinski definition) is 3. The summed E-state index contributed by atoms with van der Waals surface area (Å²) in [6, 6.07) is 15.8. The highest BCUT2D eigenvalue weighted by molar-refractivity contribution is 8.00. The molecule has 2 heterocycles. The number of carbonyl (C=O) groups is 2. The van der Waals surface area contributed by atoms with Crippen LogP contribution in [-0.4, -0.2) is 40.1 Å². The first kappa shape index (κ1) is 19.6. The van der Waals surface area contributed by atoms with E-state index in [1.807, 2.05) is 71.1 Å². The molecule has 0 aliphatic carbocycles. The Balaban J connectivity index is 1.46. The van der Waals surface area contributed by atoms with Crippen LogP contribution in [0.4, 0.5) is 5.69 Å². The van der Waals surface area contributed by atoms with Crippen molar-refractivity contribution in [2.75, 3.05) is 24.2 Å². The lowest BCUT2D eigenvalue weighted by atomic mass is 10.2. The first-order chi connectivity index (χ1) is 14.1. The minimum absolute atomic E-state index is 0.0365. The molecular weight excluding hydrogens is 382 g/mol. The molecular formula is C23H25N3O2S. The molecule has 1 aliphatic heterocycles. The number of para-hydroxylation sites is 1. The average molecular weight is 408 g/mol. The van der Waals surface area contributed by atoms with Crippen LogP contribution in [0.15, 0.2) is 59.6 Å². The maximum atomic E-state index is 12.6. The molecule has 1 fully saturated rings. The van der Waals surface area contributed by atoms with Gasteiger partial charge in [0.05, 0.1) is 5.75 Å². The summed E-state index contributed by atoms with van der Waals surface area (Å²) in [6.45, 7) is 4.07. The third kappa shape index (κ3) is 4.65. The van der Waals surface area contributed by atoms with Gasteiger partial charge in [-0.15, -0.1) is 11.8 Å². The van der Waals surface area contributed by atoms with Crippen molar-refractivity contribution in [1.82, 2.24) is 9.47 Å². The van der Waals surface area contributed by atoms with Crippen LogP contribution >= 0.6 is 11.8 Å². The number of likely N-dealkylation sites (tertiary alicyclic amines) is 1. The number of carbonyl (C=O) groups excluding carboxylic acids is 2. The van der Waals surface area contributed by atoms with Gasteiger partial charge in [0, 0.05) is 40.8 Å². The Morgan fingerprint density at radius 3 is 2.66 bits per heavy atom. The van der Waals surface area contributed by atoms with Gasteiger partial charge < -0.3 is 14.8 Å². The normalized spacial score (nSPS) is 13.8. The fourth-order valence-electron chi connectivity index (χ4n) is 3.73. The largest absolute Gasteiger partial charge is 0.341 e. The van der Waals surface area contributed by atoms with Crippen molar-refractivity contribution in [3.05, 3.63) is 60.3 Å². The van der Waals surface area contributed by atoms with Crippen LogP contribution in [0.5, 0.6) is 0 Å². The van der Waals surface area contributed by atoms with Gasteiger partial charge in [-0.05, 0) is 43.5 Å². The van der Waals surface area contributed by atoms with Crippen molar-refractivity contribution in [3.63, 3.8) is 0 Å². The Morgan fingerprint density at radius 1 is 1.07 bits per heavy atom. The Bertz CT molecular complexity index is 1040. The Labute approximate surface area is 175 Å². The number of rotatable bonds is 6. The minimum Gasteiger partial charge on any atom is -0.341 e. The number of aromatic nitrogens is 1. The van der Waals surface area contributed by atoms with Gasteiger partial charge in [0.25, 0.3) is 0 Å². The molecule has 29 heavy (non-hydrogen) atoms. The molecule has 5 nitrogen and oxygen atoms in total. The summed E-state index contributed by atoms with van der Waals surface area (Å²) in [4.78, 5) is 28.0. The summed E-state index contributed by atoms with van der Waals surface area (Å²) in [5.74, 6) is 0.449. The van der Waals surface area contributed by atoms with E-state index < -0.39 is 0 Å². The van der Waals surface area contributed by atoms with E-state index in [1.165, 1.54) is 11.8 Å². The number of hydrogen-bond donors (Lipinski definition) is 1. The zero-order valence-corrected chi connectivity index (χ0v) is 17.4. The van der Waals surface area contributed by atoms with E-state index in [0.717, 1.165) is 53.0 Å². The molecule has 0 saturated carbocycles. The number of amides is 2. The van der Waals surface area contributed by atoms with E-state index in [1.54, 1.807) is 0 Å². The van der Waals surface area contributed by atoms with E-state index in [4.69, 9.17) is 0 Å². The van der Waals surface area contributed by atoms with Crippen molar-refractivity contribution in [2.24, 2.45) is 0 Å². The third-order valence-corrected chi connectivity index (χ3v) is 6.22. The van der Waals surface area contributed by atoms with Crippen molar-refractivity contribution in [1.29, 1.82) is 0 Å². The molecule has 1 aromatic heterocycles. The van der Waals surface area contributed by atoms with E-state index in [-0.39, 0.29) is 11.8 Å². The van der Waals surface area contributed by atoms with Gasteiger partial charge in [0.2, 0.25) is 11.8 Å². The van der Waals surface area contributed by atoms with Gasteiger partial charge in [-0.25, -0.2) is 0 Å². The van der Waals surface area contributed by atoms with Gasteiger partial charge >= 0.3 is 0 Å². The maximum Gasteiger partial charge on any atom is 0.242 e. The fourth-order valence-corrected chi connectivity index (χ4v) is 4.62. The number of thioether (sulfide) groups is 1. The second-order valence-corrected chi connectivity index (χ2v) is 8.45. The molecule has 2 amide bonds. The summed E-state index contributed by atoms with van der Waals surface area (Å²) < 4.78 is 2.01. The van der Waals surface area contributed by atoms with E-state index >= 15 is 0 Å². The van der Waals surface area contributed by atoms with Gasteiger partial charge in [-0.1, -0.05) is 30.3 Å². The number of aryl methyl sites for hydroxylation is 1. The van der Waals surface area contributed by atoms with E-state index in [2.05, 4.69) is 5.32 Å². The SMILES string of the molecule is Cc1cccc(NC(=O)CSc2cn(CC(=O)N3CCCC3)c3ccccc23)c1. The zero-order chi connectivity index (χ0) is 20.2. The minimum atomic E-state index is -0.0365.